The molecule has 1 N–H and O–H groups in total. The predicted octanol–water partition coefficient (Wildman–Crippen LogP) is 5.83. The average Bonchev–Trinajstić information content (AvgIpc) is 2.86. The van der Waals surface area contributed by atoms with Crippen molar-refractivity contribution in [2.24, 2.45) is 5.10 Å². The lowest BCUT2D eigenvalue weighted by atomic mass is 10.1. The van der Waals surface area contributed by atoms with E-state index in [-0.39, 0.29) is 11.3 Å². The number of nitrogens with one attached hydrogen (secondary N) is 1. The molecular weight excluding hydrogens is 416 g/mol. The van der Waals surface area contributed by atoms with Crippen molar-refractivity contribution in [3.05, 3.63) is 130 Å². The lowest BCUT2D eigenvalue weighted by molar-refractivity contribution is -0.384. The summed E-state index contributed by atoms with van der Waals surface area (Å²) in [6.45, 7) is 0. The fourth-order valence-corrected chi connectivity index (χ4v) is 3.30. The number of nitrogens with zero attached hydrogens (tertiary/aromatic N) is 3. The molecule has 0 saturated carbocycles. The normalized spacial score (nSPS) is 10.7. The molecule has 1 amide bonds. The van der Waals surface area contributed by atoms with Gasteiger partial charge in [-0.15, -0.1) is 0 Å². The molecule has 162 valence electrons. The van der Waals surface area contributed by atoms with Crippen LogP contribution >= 0.6 is 0 Å². The molecule has 0 aliphatic heterocycles. The minimum atomic E-state index is -0.546. The standard InChI is InChI=1S/C26H20N4O3/c31-26(21-8-7-13-25(18-21)30(32)33)28-27-19-20-14-16-24(17-15-20)29(22-9-3-1-4-10-22)23-11-5-2-6-12-23/h1-19H,(H,28,31). The molecule has 0 saturated heterocycles. The maximum Gasteiger partial charge on any atom is 0.271 e. The number of carbonyl (C=O) groups excluding carboxylic acids is 1. The monoisotopic (exact) mass is 436 g/mol. The Morgan fingerprint density at radius 2 is 1.36 bits per heavy atom. The quantitative estimate of drug-likeness (QED) is 0.224. The zero-order valence-electron chi connectivity index (χ0n) is 17.5. The Morgan fingerprint density at radius 3 is 1.94 bits per heavy atom. The summed E-state index contributed by atoms with van der Waals surface area (Å²) in [5, 5.41) is 14.8. The Labute approximate surface area is 190 Å². The molecule has 0 aliphatic carbocycles. The first-order valence-electron chi connectivity index (χ1n) is 10.2. The van der Waals surface area contributed by atoms with Crippen LogP contribution < -0.4 is 10.3 Å². The van der Waals surface area contributed by atoms with Crippen molar-refractivity contribution in [2.45, 2.75) is 0 Å². The molecule has 0 fully saturated rings. The Bertz CT molecular complexity index is 1230. The van der Waals surface area contributed by atoms with Crippen LogP contribution in [0.25, 0.3) is 0 Å². The van der Waals surface area contributed by atoms with Crippen LogP contribution in [0.3, 0.4) is 0 Å². The molecule has 7 heteroatoms. The average molecular weight is 436 g/mol. The van der Waals surface area contributed by atoms with Crippen LogP contribution in [-0.4, -0.2) is 17.0 Å². The van der Waals surface area contributed by atoms with Gasteiger partial charge in [0.25, 0.3) is 11.6 Å². The van der Waals surface area contributed by atoms with Gasteiger partial charge in [-0.3, -0.25) is 14.9 Å². The van der Waals surface area contributed by atoms with Crippen LogP contribution in [0.15, 0.2) is 114 Å². The summed E-state index contributed by atoms with van der Waals surface area (Å²) >= 11 is 0. The number of non-ortho nitro benzene ring substituents is 1. The third-order valence-corrected chi connectivity index (χ3v) is 4.88. The highest BCUT2D eigenvalue weighted by molar-refractivity contribution is 5.95. The van der Waals surface area contributed by atoms with Crippen LogP contribution in [0.2, 0.25) is 0 Å². The molecule has 0 aliphatic rings. The second kappa shape index (κ2) is 10.0. The first-order chi connectivity index (χ1) is 16.1. The van der Waals surface area contributed by atoms with E-state index >= 15 is 0 Å². The van der Waals surface area contributed by atoms with Crippen molar-refractivity contribution >= 4 is 34.9 Å². The van der Waals surface area contributed by atoms with E-state index in [0.717, 1.165) is 22.6 Å². The minimum Gasteiger partial charge on any atom is -0.311 e. The van der Waals surface area contributed by atoms with Crippen molar-refractivity contribution in [1.82, 2.24) is 5.43 Å². The Kier molecular flexibility index (Phi) is 6.51. The van der Waals surface area contributed by atoms with Gasteiger partial charge in [0.05, 0.1) is 11.1 Å². The Balaban J connectivity index is 1.49. The van der Waals surface area contributed by atoms with Gasteiger partial charge in [0.15, 0.2) is 0 Å². The van der Waals surface area contributed by atoms with Gasteiger partial charge in [0, 0.05) is 34.8 Å². The summed E-state index contributed by atoms with van der Waals surface area (Å²) < 4.78 is 0. The smallest absolute Gasteiger partial charge is 0.271 e. The summed E-state index contributed by atoms with van der Waals surface area (Å²) in [6, 6.07) is 33.4. The summed E-state index contributed by atoms with van der Waals surface area (Å²) in [7, 11) is 0. The first-order valence-corrected chi connectivity index (χ1v) is 10.2. The Morgan fingerprint density at radius 1 is 0.788 bits per heavy atom. The molecule has 4 rings (SSSR count). The number of hydrazone groups is 1. The van der Waals surface area contributed by atoms with Gasteiger partial charge in [-0.25, -0.2) is 5.43 Å². The highest BCUT2D eigenvalue weighted by Crippen LogP contribution is 2.33. The number of nitro groups is 1. The van der Waals surface area contributed by atoms with Crippen LogP contribution in [-0.2, 0) is 0 Å². The number of para-hydroxylation sites is 2. The zero-order chi connectivity index (χ0) is 23.0. The lowest BCUT2D eigenvalue weighted by Gasteiger charge is -2.25. The summed E-state index contributed by atoms with van der Waals surface area (Å²) in [4.78, 5) is 24.7. The molecule has 0 bridgehead atoms. The number of rotatable bonds is 7. The number of hydrogen-bond donors (Lipinski definition) is 1. The second-order valence-electron chi connectivity index (χ2n) is 7.10. The second-order valence-corrected chi connectivity index (χ2v) is 7.10. The van der Waals surface area contributed by atoms with Crippen LogP contribution in [0.5, 0.6) is 0 Å². The van der Waals surface area contributed by atoms with Crippen LogP contribution in [0, 0.1) is 10.1 Å². The Hall–Kier alpha value is -4.78. The van der Waals surface area contributed by atoms with Gasteiger partial charge in [-0.05, 0) is 48.0 Å². The van der Waals surface area contributed by atoms with Gasteiger partial charge in [-0.1, -0.05) is 54.6 Å². The van der Waals surface area contributed by atoms with Crippen molar-refractivity contribution < 1.29 is 9.72 Å². The SMILES string of the molecule is O=C(NN=Cc1ccc(N(c2ccccc2)c2ccccc2)cc1)c1cccc([N+](=O)[O-])c1. The molecule has 7 nitrogen and oxygen atoms in total. The number of carbonyl (C=O) groups is 1. The number of amides is 1. The molecule has 0 heterocycles. The van der Waals surface area contributed by atoms with Crippen LogP contribution in [0.4, 0.5) is 22.7 Å². The van der Waals surface area contributed by atoms with Gasteiger partial charge in [0.1, 0.15) is 0 Å². The fourth-order valence-electron chi connectivity index (χ4n) is 3.30. The van der Waals surface area contributed by atoms with Gasteiger partial charge in [-0.2, -0.15) is 5.10 Å². The van der Waals surface area contributed by atoms with E-state index in [9.17, 15) is 14.9 Å². The van der Waals surface area contributed by atoms with Gasteiger partial charge >= 0.3 is 0 Å². The summed E-state index contributed by atoms with van der Waals surface area (Å²) in [5.41, 5.74) is 6.26. The van der Waals surface area contributed by atoms with E-state index in [4.69, 9.17) is 0 Å². The maximum atomic E-state index is 12.2. The molecule has 33 heavy (non-hydrogen) atoms. The van der Waals surface area contributed by atoms with Crippen LogP contribution in [0.1, 0.15) is 15.9 Å². The van der Waals surface area contributed by atoms with E-state index in [1.54, 1.807) is 0 Å². The molecule has 0 atom stereocenters. The molecule has 0 aromatic heterocycles. The minimum absolute atomic E-state index is 0.149. The van der Waals surface area contributed by atoms with Crippen molar-refractivity contribution in [3.8, 4) is 0 Å². The topological polar surface area (TPSA) is 87.8 Å². The molecule has 0 unspecified atom stereocenters. The maximum absolute atomic E-state index is 12.2. The highest BCUT2D eigenvalue weighted by atomic mass is 16.6. The number of benzene rings is 4. The van der Waals surface area contributed by atoms with Gasteiger partial charge < -0.3 is 4.90 Å². The number of anilines is 3. The van der Waals surface area contributed by atoms with Gasteiger partial charge in [0.2, 0.25) is 0 Å². The number of hydrogen-bond acceptors (Lipinski definition) is 5. The molecule has 4 aromatic carbocycles. The van der Waals surface area contributed by atoms with E-state index < -0.39 is 10.8 Å². The fraction of sp³-hybridized carbons (Fsp3) is 0. The largest absolute Gasteiger partial charge is 0.311 e. The van der Waals surface area contributed by atoms with Crippen molar-refractivity contribution in [2.75, 3.05) is 4.90 Å². The van der Waals surface area contributed by atoms with E-state index in [1.165, 1.54) is 30.5 Å². The third kappa shape index (κ3) is 5.29. The number of nitro benzene ring substituents is 1. The summed E-state index contributed by atoms with van der Waals surface area (Å²) in [6.07, 6.45) is 1.52. The third-order valence-electron chi connectivity index (χ3n) is 4.88. The van der Waals surface area contributed by atoms with E-state index in [1.807, 2.05) is 84.9 Å². The van der Waals surface area contributed by atoms with E-state index in [0.29, 0.717) is 0 Å². The predicted molar refractivity (Wildman–Crippen MR) is 129 cm³/mol. The van der Waals surface area contributed by atoms with Crippen molar-refractivity contribution in [1.29, 1.82) is 0 Å². The van der Waals surface area contributed by atoms with E-state index in [2.05, 4.69) is 15.4 Å². The highest BCUT2D eigenvalue weighted by Gasteiger charge is 2.12. The molecule has 4 aromatic rings. The molecule has 0 radical (unpaired) electrons. The lowest BCUT2D eigenvalue weighted by Crippen LogP contribution is -2.17. The molecule has 0 spiro atoms. The zero-order valence-corrected chi connectivity index (χ0v) is 17.5. The summed E-state index contributed by atoms with van der Waals surface area (Å²) in [5.74, 6) is -0.522. The van der Waals surface area contributed by atoms with Crippen molar-refractivity contribution in [3.63, 3.8) is 0 Å². The first kappa shape index (κ1) is 21.5. The molecular formula is C26H20N4O3.